The third-order valence-corrected chi connectivity index (χ3v) is 5.92. The number of rotatable bonds is 5. The number of aromatic nitrogens is 4. The Morgan fingerprint density at radius 2 is 2.03 bits per heavy atom. The molecule has 1 saturated heterocycles. The van der Waals surface area contributed by atoms with E-state index in [0.29, 0.717) is 25.2 Å². The van der Waals surface area contributed by atoms with Gasteiger partial charge in [0.05, 0.1) is 24.7 Å². The monoisotopic (exact) mass is 413 g/mol. The first kappa shape index (κ1) is 19.2. The molecule has 5 rings (SSSR count). The van der Waals surface area contributed by atoms with E-state index in [1.54, 1.807) is 18.5 Å². The van der Waals surface area contributed by atoms with Gasteiger partial charge in [-0.05, 0) is 42.7 Å². The fourth-order valence-electron chi connectivity index (χ4n) is 4.34. The molecule has 1 fully saturated rings. The molecule has 7 nitrogen and oxygen atoms in total. The van der Waals surface area contributed by atoms with Gasteiger partial charge in [0.2, 0.25) is 5.91 Å². The van der Waals surface area contributed by atoms with Gasteiger partial charge in [-0.15, -0.1) is 0 Å². The number of fused-ring (bicyclic) bond motifs is 1. The van der Waals surface area contributed by atoms with Crippen LogP contribution in [0.25, 0.3) is 22.2 Å². The largest absolute Gasteiger partial charge is 0.361 e. The van der Waals surface area contributed by atoms with Crippen LogP contribution in [-0.4, -0.2) is 43.1 Å². The standard InChI is InChI=1S/C24H23N5O2/c30-23-10-9-21(17-5-3-11-25-14-17)27-29(23)16-19-6-4-12-28(19)24(31)13-18-15-26-22-8-2-1-7-20(18)22/h1-3,5,7-11,14-15,19,26H,4,6,12-13,16H2. The van der Waals surface area contributed by atoms with Gasteiger partial charge in [-0.3, -0.25) is 14.6 Å². The number of benzene rings is 1. The second-order valence-corrected chi connectivity index (χ2v) is 7.90. The van der Waals surface area contributed by atoms with Crippen molar-refractivity contribution in [2.24, 2.45) is 0 Å². The van der Waals surface area contributed by atoms with Gasteiger partial charge in [0, 0.05) is 47.7 Å². The minimum atomic E-state index is -0.163. The van der Waals surface area contributed by atoms with Crippen LogP contribution >= 0.6 is 0 Å². The summed E-state index contributed by atoms with van der Waals surface area (Å²) in [5.41, 5.74) is 3.42. The second kappa shape index (κ2) is 8.18. The summed E-state index contributed by atoms with van der Waals surface area (Å²) in [5.74, 6) is 0.0868. The van der Waals surface area contributed by atoms with E-state index in [2.05, 4.69) is 15.1 Å². The van der Waals surface area contributed by atoms with E-state index >= 15 is 0 Å². The van der Waals surface area contributed by atoms with Crippen LogP contribution in [0.3, 0.4) is 0 Å². The molecule has 1 amide bonds. The Morgan fingerprint density at radius 3 is 2.90 bits per heavy atom. The van der Waals surface area contributed by atoms with Gasteiger partial charge < -0.3 is 9.88 Å². The van der Waals surface area contributed by atoms with E-state index in [4.69, 9.17) is 0 Å². The normalized spacial score (nSPS) is 16.1. The summed E-state index contributed by atoms with van der Waals surface area (Å²) in [7, 11) is 0. The van der Waals surface area contributed by atoms with Crippen LogP contribution in [0.2, 0.25) is 0 Å². The maximum atomic E-state index is 13.1. The van der Waals surface area contributed by atoms with Crippen molar-refractivity contribution >= 4 is 16.8 Å². The molecule has 0 bridgehead atoms. The van der Waals surface area contributed by atoms with Gasteiger partial charge in [-0.25, -0.2) is 4.68 Å². The van der Waals surface area contributed by atoms with Crippen LogP contribution in [0, 0.1) is 0 Å². The number of H-pyrrole nitrogens is 1. The first-order valence-electron chi connectivity index (χ1n) is 10.5. The second-order valence-electron chi connectivity index (χ2n) is 7.90. The maximum absolute atomic E-state index is 13.1. The summed E-state index contributed by atoms with van der Waals surface area (Å²) in [6.45, 7) is 1.11. The van der Waals surface area contributed by atoms with E-state index in [1.165, 1.54) is 10.7 Å². The van der Waals surface area contributed by atoms with E-state index < -0.39 is 0 Å². The molecule has 31 heavy (non-hydrogen) atoms. The van der Waals surface area contributed by atoms with Crippen LogP contribution < -0.4 is 5.56 Å². The van der Waals surface area contributed by atoms with Crippen molar-refractivity contribution in [3.63, 3.8) is 0 Å². The van der Waals surface area contributed by atoms with Crippen molar-refractivity contribution in [3.8, 4) is 11.3 Å². The van der Waals surface area contributed by atoms with Gasteiger partial charge in [0.1, 0.15) is 0 Å². The minimum absolute atomic E-state index is 0.0351. The number of hydrogen-bond donors (Lipinski definition) is 1. The number of pyridine rings is 1. The van der Waals surface area contributed by atoms with E-state index in [9.17, 15) is 9.59 Å². The number of likely N-dealkylation sites (tertiary alicyclic amines) is 1. The minimum Gasteiger partial charge on any atom is -0.361 e. The first-order chi connectivity index (χ1) is 15.2. The van der Waals surface area contributed by atoms with E-state index in [-0.39, 0.29) is 17.5 Å². The molecule has 1 atom stereocenters. The fraction of sp³-hybridized carbons (Fsp3) is 0.250. The zero-order valence-electron chi connectivity index (χ0n) is 17.1. The molecule has 0 saturated carbocycles. The van der Waals surface area contributed by atoms with Crippen molar-refractivity contribution in [3.05, 3.63) is 83.0 Å². The summed E-state index contributed by atoms with van der Waals surface area (Å²) in [5, 5.41) is 5.62. The Labute approximate surface area is 179 Å². The Balaban J connectivity index is 1.35. The average molecular weight is 413 g/mol. The Morgan fingerprint density at radius 1 is 1.13 bits per heavy atom. The van der Waals surface area contributed by atoms with Gasteiger partial charge in [0.15, 0.2) is 0 Å². The van der Waals surface area contributed by atoms with Crippen LogP contribution in [0.4, 0.5) is 0 Å². The number of hydrogen-bond acceptors (Lipinski definition) is 4. The average Bonchev–Trinajstić information content (AvgIpc) is 3.43. The molecule has 0 aliphatic carbocycles. The summed E-state index contributed by atoms with van der Waals surface area (Å²) in [4.78, 5) is 34.8. The van der Waals surface area contributed by atoms with Gasteiger partial charge in [0.25, 0.3) is 5.56 Å². The zero-order valence-corrected chi connectivity index (χ0v) is 17.1. The lowest BCUT2D eigenvalue weighted by Gasteiger charge is -2.25. The number of carbonyl (C=O) groups is 1. The molecule has 1 aliphatic rings. The molecule has 156 valence electrons. The van der Waals surface area contributed by atoms with Gasteiger partial charge in [-0.1, -0.05) is 18.2 Å². The lowest BCUT2D eigenvalue weighted by Crippen LogP contribution is -2.41. The predicted octanol–water partition coefficient (Wildman–Crippen LogP) is 3.02. The van der Waals surface area contributed by atoms with Crippen molar-refractivity contribution in [1.29, 1.82) is 0 Å². The molecule has 3 aromatic heterocycles. The number of aromatic amines is 1. The van der Waals surface area contributed by atoms with E-state index in [1.807, 2.05) is 47.5 Å². The third-order valence-electron chi connectivity index (χ3n) is 5.92. The van der Waals surface area contributed by atoms with Crippen LogP contribution in [0.5, 0.6) is 0 Å². The molecule has 4 heterocycles. The van der Waals surface area contributed by atoms with Gasteiger partial charge >= 0.3 is 0 Å². The third kappa shape index (κ3) is 3.86. The lowest BCUT2D eigenvalue weighted by molar-refractivity contribution is -0.131. The smallest absolute Gasteiger partial charge is 0.266 e. The summed E-state index contributed by atoms with van der Waals surface area (Å²) >= 11 is 0. The lowest BCUT2D eigenvalue weighted by atomic mass is 10.1. The number of carbonyl (C=O) groups excluding carboxylic acids is 1. The quantitative estimate of drug-likeness (QED) is 0.545. The summed E-state index contributed by atoms with van der Waals surface area (Å²) in [6, 6.07) is 15.0. The molecule has 1 aromatic carbocycles. The highest BCUT2D eigenvalue weighted by Crippen LogP contribution is 2.23. The van der Waals surface area contributed by atoms with Gasteiger partial charge in [-0.2, -0.15) is 5.10 Å². The summed E-state index contributed by atoms with van der Waals surface area (Å²) in [6.07, 6.45) is 7.49. The Bertz CT molecular complexity index is 1280. The van der Waals surface area contributed by atoms with E-state index in [0.717, 1.165) is 34.9 Å². The van der Waals surface area contributed by atoms with Crippen molar-refractivity contribution < 1.29 is 4.79 Å². The highest BCUT2D eigenvalue weighted by Gasteiger charge is 2.29. The van der Waals surface area contributed by atoms with Crippen molar-refractivity contribution in [1.82, 2.24) is 24.6 Å². The molecule has 7 heteroatoms. The molecule has 1 unspecified atom stereocenters. The molecule has 1 aliphatic heterocycles. The zero-order chi connectivity index (χ0) is 21.2. The van der Waals surface area contributed by atoms with Crippen molar-refractivity contribution in [2.45, 2.75) is 31.8 Å². The highest BCUT2D eigenvalue weighted by atomic mass is 16.2. The maximum Gasteiger partial charge on any atom is 0.266 e. The molecule has 0 radical (unpaired) electrons. The first-order valence-corrected chi connectivity index (χ1v) is 10.5. The molecule has 1 N–H and O–H groups in total. The molecular weight excluding hydrogens is 390 g/mol. The molecule has 4 aromatic rings. The van der Waals surface area contributed by atoms with Crippen LogP contribution in [0.15, 0.2) is 71.9 Å². The highest BCUT2D eigenvalue weighted by molar-refractivity contribution is 5.89. The van der Waals surface area contributed by atoms with Crippen molar-refractivity contribution in [2.75, 3.05) is 6.54 Å². The molecule has 0 spiro atoms. The Hall–Kier alpha value is -3.74. The number of nitrogens with one attached hydrogen (secondary N) is 1. The van der Waals surface area contributed by atoms with Crippen LogP contribution in [-0.2, 0) is 17.8 Å². The van der Waals surface area contributed by atoms with Crippen LogP contribution in [0.1, 0.15) is 18.4 Å². The summed E-state index contributed by atoms with van der Waals surface area (Å²) < 4.78 is 1.48. The number of nitrogens with zero attached hydrogens (tertiary/aromatic N) is 4. The predicted molar refractivity (Wildman–Crippen MR) is 118 cm³/mol. The Kier molecular flexibility index (Phi) is 5.08. The fourth-order valence-corrected chi connectivity index (χ4v) is 4.34. The molecular formula is C24H23N5O2. The SMILES string of the molecule is O=C(Cc1c[nH]c2ccccc12)N1CCCC1Cn1nc(-c2cccnc2)ccc1=O. The number of amides is 1. The topological polar surface area (TPSA) is 83.9 Å². The number of para-hydroxylation sites is 1.